The molecule has 2 atom stereocenters. The summed E-state index contributed by atoms with van der Waals surface area (Å²) in [4.78, 5) is 47.0. The van der Waals surface area contributed by atoms with Gasteiger partial charge >= 0.3 is 21.6 Å². The molecule has 232 valence electrons. The number of rotatable bonds is 12. The van der Waals surface area contributed by atoms with Gasteiger partial charge in [-0.3, -0.25) is 10.2 Å². The largest absolute Gasteiger partial charge is 0.480 e. The molecule has 0 aliphatic carbocycles. The first-order valence-corrected chi connectivity index (χ1v) is 15.5. The van der Waals surface area contributed by atoms with Gasteiger partial charge in [-0.05, 0) is 43.2 Å². The predicted molar refractivity (Wildman–Crippen MR) is 157 cm³/mol. The lowest BCUT2D eigenvalue weighted by molar-refractivity contribution is -0.138. The van der Waals surface area contributed by atoms with Gasteiger partial charge in [0.25, 0.3) is 0 Å². The molecule has 0 saturated carbocycles. The van der Waals surface area contributed by atoms with E-state index in [9.17, 15) is 13.9 Å². The summed E-state index contributed by atoms with van der Waals surface area (Å²) in [5.74, 6) is -0.246. The molecule has 42 heavy (non-hydrogen) atoms. The molecule has 2 unspecified atom stereocenters. The fraction of sp³-hybridized carbons (Fsp3) is 0.280. The Morgan fingerprint density at radius 2 is 1.52 bits per heavy atom. The number of hydrogen-bond acceptors (Lipinski definition) is 8. The normalized spacial score (nSPS) is 12.5. The number of hydroxylamine groups is 1. The molecule has 15 nitrogen and oxygen atoms in total. The second kappa shape index (κ2) is 18.2. The van der Waals surface area contributed by atoms with Gasteiger partial charge in [0.2, 0.25) is 0 Å². The molecule has 0 amide bonds. The van der Waals surface area contributed by atoms with Crippen molar-refractivity contribution in [3.63, 3.8) is 0 Å². The fourth-order valence-electron chi connectivity index (χ4n) is 3.27. The van der Waals surface area contributed by atoms with E-state index in [1.165, 1.54) is 10.9 Å². The average molecular weight is 630 g/mol. The molecule has 0 bridgehead atoms. The summed E-state index contributed by atoms with van der Waals surface area (Å²) < 4.78 is 22.2. The maximum absolute atomic E-state index is 10.2. The summed E-state index contributed by atoms with van der Waals surface area (Å²) in [7, 11) is -10.1. The molecular weight excluding hydrogens is 592 g/mol. The zero-order chi connectivity index (χ0) is 31.8. The number of nitrogens with two attached hydrogens (primary N) is 2. The highest BCUT2D eigenvalue weighted by Crippen LogP contribution is 2.53. The molecule has 0 radical (unpaired) electrons. The molecule has 0 aliphatic heterocycles. The Morgan fingerprint density at radius 3 is 2.07 bits per heavy atom. The van der Waals surface area contributed by atoms with Gasteiger partial charge in [-0.2, -0.15) is 9.79 Å². The van der Waals surface area contributed by atoms with E-state index in [0.717, 1.165) is 17.6 Å². The first-order chi connectivity index (χ1) is 19.6. The van der Waals surface area contributed by atoms with E-state index in [0.29, 0.717) is 19.4 Å². The third kappa shape index (κ3) is 17.5. The number of fused-ring (bicyclic) bond motifs is 1. The van der Waals surface area contributed by atoms with Crippen LogP contribution in [0.5, 0.6) is 5.75 Å². The quantitative estimate of drug-likeness (QED) is 0.0452. The van der Waals surface area contributed by atoms with Crippen LogP contribution >= 0.6 is 15.6 Å². The Morgan fingerprint density at radius 1 is 0.952 bits per heavy atom. The summed E-state index contributed by atoms with van der Waals surface area (Å²) in [5.41, 5.74) is 14.7. The van der Waals surface area contributed by atoms with Gasteiger partial charge in [-0.1, -0.05) is 66.7 Å². The van der Waals surface area contributed by atoms with Crippen LogP contribution in [0, 0.1) is 5.41 Å². The SMILES string of the molecule is CC(Cc1ccccc1)NOc1cccc2ccccc12.N=C(N)NCCCC(N)C(=O)O.O=P(O)(O)OP(=O)(O)O. The van der Waals surface area contributed by atoms with Crippen molar-refractivity contribution in [1.29, 1.82) is 5.41 Å². The van der Waals surface area contributed by atoms with Crippen molar-refractivity contribution in [2.24, 2.45) is 11.5 Å². The molecule has 0 aromatic heterocycles. The van der Waals surface area contributed by atoms with E-state index in [4.69, 9.17) is 46.4 Å². The van der Waals surface area contributed by atoms with E-state index in [2.05, 4.69) is 64.5 Å². The monoisotopic (exact) mass is 629 g/mol. The zero-order valence-electron chi connectivity index (χ0n) is 22.7. The standard InChI is InChI=1S/C19H19NO.C6H14N4O2.H4O7P2/c1-15(14-16-8-3-2-4-9-16)20-21-19-13-7-11-17-10-5-6-12-18(17)19;7-4(5(11)12)2-1-3-10-6(8)9;1-8(2,3)7-9(4,5)6/h2-13,15,20H,14H2,1H3;4H,1-3,7H2,(H,11,12)(H4,8,9,10);(H2,1,2,3)(H2,4,5,6). The third-order valence-electron chi connectivity index (χ3n) is 5.04. The number of benzene rings is 3. The number of carbonyl (C=O) groups is 1. The summed E-state index contributed by atoms with van der Waals surface area (Å²) in [6, 6.07) is 24.2. The van der Waals surface area contributed by atoms with E-state index < -0.39 is 27.7 Å². The minimum Gasteiger partial charge on any atom is -0.480 e. The number of carboxylic acid groups (broad SMARTS) is 1. The van der Waals surface area contributed by atoms with Crippen LogP contribution < -0.4 is 27.1 Å². The Bertz CT molecular complexity index is 1330. The molecule has 12 N–H and O–H groups in total. The Balaban J connectivity index is 0.000000358. The Kier molecular flexibility index (Phi) is 15.9. The number of nitrogens with one attached hydrogen (secondary N) is 3. The number of hydrogen-bond donors (Lipinski definition) is 10. The van der Waals surface area contributed by atoms with Crippen LogP contribution in [0.15, 0.2) is 72.8 Å². The topological polar surface area (TPSA) is 271 Å². The van der Waals surface area contributed by atoms with Gasteiger partial charge in [0, 0.05) is 18.0 Å². The molecule has 0 spiro atoms. The number of carboxylic acids is 1. The van der Waals surface area contributed by atoms with Gasteiger partial charge in [0.1, 0.15) is 6.04 Å². The van der Waals surface area contributed by atoms with Crippen molar-refractivity contribution in [2.45, 2.75) is 38.3 Å². The lowest BCUT2D eigenvalue weighted by atomic mass is 10.1. The van der Waals surface area contributed by atoms with Crippen LogP contribution in [0.4, 0.5) is 0 Å². The molecule has 0 aliphatic rings. The summed E-state index contributed by atoms with van der Waals surface area (Å²) >= 11 is 0. The van der Waals surface area contributed by atoms with Crippen LogP contribution in [-0.2, 0) is 24.7 Å². The molecule has 0 fully saturated rings. The summed E-state index contributed by atoms with van der Waals surface area (Å²) in [5, 5.41) is 20.0. The van der Waals surface area contributed by atoms with Crippen molar-refractivity contribution in [3.05, 3.63) is 78.4 Å². The number of guanidine groups is 1. The van der Waals surface area contributed by atoms with Crippen molar-refractivity contribution >= 4 is 38.3 Å². The van der Waals surface area contributed by atoms with Crippen molar-refractivity contribution < 1.29 is 47.8 Å². The molecule has 0 heterocycles. The third-order valence-corrected chi connectivity index (χ3v) is 6.74. The number of phosphoric acid groups is 2. The van der Waals surface area contributed by atoms with Crippen LogP contribution in [0.1, 0.15) is 25.3 Å². The highest BCUT2D eigenvalue weighted by Gasteiger charge is 2.28. The van der Waals surface area contributed by atoms with Crippen molar-refractivity contribution in [1.82, 2.24) is 10.8 Å². The fourth-order valence-corrected chi connectivity index (χ4v) is 4.37. The van der Waals surface area contributed by atoms with Gasteiger partial charge < -0.3 is 46.3 Å². The van der Waals surface area contributed by atoms with Crippen molar-refractivity contribution in [3.8, 4) is 5.75 Å². The van der Waals surface area contributed by atoms with E-state index >= 15 is 0 Å². The van der Waals surface area contributed by atoms with Gasteiger partial charge in [0.05, 0.1) is 0 Å². The van der Waals surface area contributed by atoms with Gasteiger partial charge in [-0.15, -0.1) is 0 Å². The average Bonchev–Trinajstić information content (AvgIpc) is 2.89. The van der Waals surface area contributed by atoms with E-state index in [-0.39, 0.29) is 12.0 Å². The maximum Gasteiger partial charge on any atom is 0.478 e. The predicted octanol–water partition coefficient (Wildman–Crippen LogP) is 2.20. The molecule has 3 rings (SSSR count). The molecule has 3 aromatic rings. The Labute approximate surface area is 242 Å². The first-order valence-electron chi connectivity index (χ1n) is 12.4. The van der Waals surface area contributed by atoms with Crippen LogP contribution in [0.25, 0.3) is 10.8 Å². The lowest BCUT2D eigenvalue weighted by Crippen LogP contribution is -2.34. The molecule has 3 aromatic carbocycles. The highest BCUT2D eigenvalue weighted by molar-refractivity contribution is 7.60. The summed E-state index contributed by atoms with van der Waals surface area (Å²) in [6.45, 7) is 2.61. The smallest absolute Gasteiger partial charge is 0.478 e. The maximum atomic E-state index is 10.2. The van der Waals surface area contributed by atoms with Gasteiger partial charge in [-0.25, -0.2) is 9.13 Å². The van der Waals surface area contributed by atoms with E-state index in [1.54, 1.807) is 0 Å². The number of aliphatic carboxylic acids is 1. The van der Waals surface area contributed by atoms with Crippen molar-refractivity contribution in [2.75, 3.05) is 6.54 Å². The molecule has 17 heteroatoms. The molecular formula is C25H37N5O10P2. The lowest BCUT2D eigenvalue weighted by Gasteiger charge is -2.15. The van der Waals surface area contributed by atoms with Crippen LogP contribution in [-0.4, -0.2) is 55.2 Å². The van der Waals surface area contributed by atoms with E-state index in [1.807, 2.05) is 30.3 Å². The van der Waals surface area contributed by atoms with Crippen LogP contribution in [0.2, 0.25) is 0 Å². The molecule has 0 saturated heterocycles. The highest BCUT2D eigenvalue weighted by atomic mass is 31.3. The van der Waals surface area contributed by atoms with Gasteiger partial charge in [0.15, 0.2) is 11.7 Å². The van der Waals surface area contributed by atoms with Crippen LogP contribution in [0.3, 0.4) is 0 Å². The Hall–Kier alpha value is -3.36. The second-order valence-electron chi connectivity index (χ2n) is 8.78. The zero-order valence-corrected chi connectivity index (χ0v) is 24.5. The summed E-state index contributed by atoms with van der Waals surface area (Å²) in [6.07, 6.45) is 1.91. The second-order valence-corrected chi connectivity index (χ2v) is 11.4. The first kappa shape index (κ1) is 36.7. The minimum atomic E-state index is -5.05. The minimum absolute atomic E-state index is 0.112.